The van der Waals surface area contributed by atoms with E-state index >= 15 is 0 Å². The number of amides is 2. The minimum atomic E-state index is -0.346. The number of ether oxygens (including phenoxy) is 1. The quantitative estimate of drug-likeness (QED) is 0.662. The molecule has 10 nitrogen and oxygen atoms in total. The van der Waals surface area contributed by atoms with E-state index in [2.05, 4.69) is 20.5 Å². The van der Waals surface area contributed by atoms with Crippen LogP contribution in [0, 0.1) is 0 Å². The Balaban J connectivity index is 1.61. The number of methoxy groups -OCH3 is 1. The number of hydrazine groups is 1. The molecule has 138 valence electrons. The molecule has 3 heterocycles. The molecule has 1 saturated heterocycles. The van der Waals surface area contributed by atoms with Crippen LogP contribution in [0.15, 0.2) is 36.7 Å². The Labute approximate surface area is 154 Å². The molecule has 27 heavy (non-hydrogen) atoms. The van der Waals surface area contributed by atoms with Gasteiger partial charge < -0.3 is 4.74 Å². The van der Waals surface area contributed by atoms with E-state index in [9.17, 15) is 9.59 Å². The average Bonchev–Trinajstić information content (AvgIpc) is 3.38. The Bertz CT molecular complexity index is 989. The molecule has 0 aliphatic carbocycles. The van der Waals surface area contributed by atoms with Gasteiger partial charge in [-0.25, -0.2) is 19.7 Å². The summed E-state index contributed by atoms with van der Waals surface area (Å²) in [5, 5.41) is 14.4. The van der Waals surface area contributed by atoms with Crippen molar-refractivity contribution in [3.05, 3.63) is 42.4 Å². The number of para-hydroxylation sites is 1. The van der Waals surface area contributed by atoms with Gasteiger partial charge in [0.2, 0.25) is 0 Å². The lowest BCUT2D eigenvalue weighted by Crippen LogP contribution is -2.46. The lowest BCUT2D eigenvalue weighted by atomic mass is 10.1. The fourth-order valence-electron chi connectivity index (χ4n) is 3.11. The highest BCUT2D eigenvalue weighted by atomic mass is 16.5. The van der Waals surface area contributed by atoms with Crippen LogP contribution in [0.25, 0.3) is 10.9 Å². The lowest BCUT2D eigenvalue weighted by Gasteiger charge is -2.27. The molecule has 0 atom stereocenters. The molecule has 3 aromatic rings. The van der Waals surface area contributed by atoms with E-state index in [0.29, 0.717) is 30.8 Å². The molecule has 2 aromatic heterocycles. The van der Waals surface area contributed by atoms with Gasteiger partial charge >= 0.3 is 0 Å². The molecular weight excluding hydrogens is 350 g/mol. The third kappa shape index (κ3) is 3.16. The van der Waals surface area contributed by atoms with E-state index in [0.717, 1.165) is 5.39 Å². The van der Waals surface area contributed by atoms with Crippen molar-refractivity contribution < 1.29 is 14.3 Å². The second kappa shape index (κ2) is 6.98. The standard InChI is InChI=1S/C17H17N7O3/c1-27-15-9-14(19-13-6-3-2-5-12(13)15)17(26)24-8-4-7-23(24)16(25)10-22-11-18-20-21-22/h2-3,5-6,9,11H,4,7-8,10H2,1H3. The summed E-state index contributed by atoms with van der Waals surface area (Å²) in [6.45, 7) is 0.861. The van der Waals surface area contributed by atoms with Crippen LogP contribution in [0.5, 0.6) is 5.75 Å². The van der Waals surface area contributed by atoms with Crippen molar-refractivity contribution in [3.63, 3.8) is 0 Å². The SMILES string of the molecule is COc1cc(C(=O)N2CCCN2C(=O)Cn2cnnn2)nc2ccccc12. The highest BCUT2D eigenvalue weighted by molar-refractivity contribution is 5.98. The average molecular weight is 367 g/mol. The normalized spacial score (nSPS) is 14.0. The predicted octanol–water partition coefficient (Wildman–Crippen LogP) is 0.520. The maximum Gasteiger partial charge on any atom is 0.291 e. The maximum absolute atomic E-state index is 13.0. The van der Waals surface area contributed by atoms with E-state index in [1.165, 1.54) is 21.0 Å². The molecular formula is C17H17N7O3. The van der Waals surface area contributed by atoms with Gasteiger partial charge in [0.25, 0.3) is 11.8 Å². The van der Waals surface area contributed by atoms with Crippen molar-refractivity contribution in [3.8, 4) is 5.75 Å². The first kappa shape index (κ1) is 16.9. The number of rotatable bonds is 4. The number of aromatic nitrogens is 5. The minimum Gasteiger partial charge on any atom is -0.496 e. The smallest absolute Gasteiger partial charge is 0.291 e. The van der Waals surface area contributed by atoms with Crippen LogP contribution in [-0.2, 0) is 11.3 Å². The van der Waals surface area contributed by atoms with Gasteiger partial charge in [-0.15, -0.1) is 5.10 Å². The second-order valence-electron chi connectivity index (χ2n) is 6.03. The van der Waals surface area contributed by atoms with Gasteiger partial charge in [0.1, 0.15) is 24.3 Å². The largest absolute Gasteiger partial charge is 0.496 e. The molecule has 2 amide bonds. The number of carbonyl (C=O) groups excluding carboxylic acids is 2. The highest BCUT2D eigenvalue weighted by Gasteiger charge is 2.32. The first-order chi connectivity index (χ1) is 13.2. The van der Waals surface area contributed by atoms with E-state index in [4.69, 9.17) is 4.74 Å². The van der Waals surface area contributed by atoms with Gasteiger partial charge in [-0.3, -0.25) is 9.59 Å². The second-order valence-corrected chi connectivity index (χ2v) is 6.03. The van der Waals surface area contributed by atoms with Gasteiger partial charge in [-0.05, 0) is 29.0 Å². The van der Waals surface area contributed by atoms with Gasteiger partial charge in [0.15, 0.2) is 0 Å². The Kier molecular flexibility index (Phi) is 4.37. The summed E-state index contributed by atoms with van der Waals surface area (Å²) >= 11 is 0. The topological polar surface area (TPSA) is 106 Å². The van der Waals surface area contributed by atoms with Crippen LogP contribution in [0.4, 0.5) is 0 Å². The van der Waals surface area contributed by atoms with Crippen molar-refractivity contribution in [2.24, 2.45) is 0 Å². The third-order valence-corrected chi connectivity index (χ3v) is 4.36. The first-order valence-corrected chi connectivity index (χ1v) is 8.44. The number of hydrogen-bond acceptors (Lipinski definition) is 7. The predicted molar refractivity (Wildman–Crippen MR) is 93.5 cm³/mol. The van der Waals surface area contributed by atoms with E-state index < -0.39 is 0 Å². The number of benzene rings is 1. The molecule has 1 fully saturated rings. The van der Waals surface area contributed by atoms with Crippen LogP contribution in [0.2, 0.25) is 0 Å². The monoisotopic (exact) mass is 367 g/mol. The third-order valence-electron chi connectivity index (χ3n) is 4.36. The van der Waals surface area contributed by atoms with Gasteiger partial charge in [0.05, 0.1) is 12.6 Å². The van der Waals surface area contributed by atoms with Crippen LogP contribution in [0.3, 0.4) is 0 Å². The summed E-state index contributed by atoms with van der Waals surface area (Å²) in [6, 6.07) is 9.04. The zero-order valence-electron chi connectivity index (χ0n) is 14.6. The summed E-state index contributed by atoms with van der Waals surface area (Å²) in [4.78, 5) is 30.1. The van der Waals surface area contributed by atoms with E-state index in [1.54, 1.807) is 13.2 Å². The van der Waals surface area contributed by atoms with Crippen molar-refractivity contribution >= 4 is 22.7 Å². The van der Waals surface area contributed by atoms with Crippen LogP contribution < -0.4 is 4.74 Å². The number of tetrazole rings is 1. The fraction of sp³-hybridized carbons (Fsp3) is 0.294. The number of hydrogen-bond donors (Lipinski definition) is 0. The Morgan fingerprint density at radius 3 is 2.78 bits per heavy atom. The summed E-state index contributed by atoms with van der Waals surface area (Å²) in [7, 11) is 1.55. The fourth-order valence-corrected chi connectivity index (χ4v) is 3.11. The molecule has 10 heteroatoms. The molecule has 0 saturated carbocycles. The number of fused-ring (bicyclic) bond motifs is 1. The zero-order valence-corrected chi connectivity index (χ0v) is 14.6. The molecule has 0 bridgehead atoms. The lowest BCUT2D eigenvalue weighted by molar-refractivity contribution is -0.141. The number of nitrogens with zero attached hydrogens (tertiary/aromatic N) is 7. The van der Waals surface area contributed by atoms with Gasteiger partial charge in [0, 0.05) is 24.5 Å². The van der Waals surface area contributed by atoms with Crippen molar-refractivity contribution in [1.29, 1.82) is 0 Å². The summed E-state index contributed by atoms with van der Waals surface area (Å²) in [6.07, 6.45) is 2.05. The van der Waals surface area contributed by atoms with Crippen molar-refractivity contribution in [1.82, 2.24) is 35.2 Å². The zero-order chi connectivity index (χ0) is 18.8. The Morgan fingerprint density at radius 2 is 2.00 bits per heavy atom. The van der Waals surface area contributed by atoms with Crippen molar-refractivity contribution in [2.75, 3.05) is 20.2 Å². The van der Waals surface area contributed by atoms with E-state index in [1.807, 2.05) is 24.3 Å². The molecule has 1 aromatic carbocycles. The maximum atomic E-state index is 13.0. The van der Waals surface area contributed by atoms with Crippen molar-refractivity contribution in [2.45, 2.75) is 13.0 Å². The summed E-state index contributed by atoms with van der Waals surface area (Å²) < 4.78 is 6.73. The molecule has 1 aliphatic heterocycles. The first-order valence-electron chi connectivity index (χ1n) is 8.44. The number of carbonyl (C=O) groups is 2. The highest BCUT2D eigenvalue weighted by Crippen LogP contribution is 2.26. The molecule has 0 spiro atoms. The summed E-state index contributed by atoms with van der Waals surface area (Å²) in [5.41, 5.74) is 0.888. The molecule has 1 aliphatic rings. The van der Waals surface area contributed by atoms with Gasteiger partial charge in [-0.1, -0.05) is 12.1 Å². The van der Waals surface area contributed by atoms with E-state index in [-0.39, 0.29) is 24.1 Å². The Morgan fingerprint density at radius 1 is 1.19 bits per heavy atom. The minimum absolute atomic E-state index is 0.0365. The number of pyridine rings is 1. The summed E-state index contributed by atoms with van der Waals surface area (Å²) in [5.74, 6) is -0.0442. The van der Waals surface area contributed by atoms with Crippen LogP contribution in [-0.4, -0.2) is 67.2 Å². The molecule has 4 rings (SSSR count). The van der Waals surface area contributed by atoms with Crippen LogP contribution in [0.1, 0.15) is 16.9 Å². The Hall–Kier alpha value is -3.56. The van der Waals surface area contributed by atoms with Gasteiger partial charge in [-0.2, -0.15) is 0 Å². The molecule has 0 N–H and O–H groups in total. The molecule has 0 unspecified atom stereocenters. The molecule has 0 radical (unpaired) electrons. The van der Waals surface area contributed by atoms with Crippen LogP contribution >= 0.6 is 0 Å².